The Kier molecular flexibility index (Phi) is 8.99. The average molecular weight is 513 g/mol. The van der Waals surface area contributed by atoms with Gasteiger partial charge in [-0.1, -0.05) is 58.7 Å². The van der Waals surface area contributed by atoms with Crippen LogP contribution in [0.5, 0.6) is 0 Å². The highest BCUT2D eigenvalue weighted by Crippen LogP contribution is 2.34. The van der Waals surface area contributed by atoms with Gasteiger partial charge in [-0.2, -0.15) is 0 Å². The number of thioether (sulfide) groups is 1. The largest absolute Gasteiger partial charge is 0.455 e. The van der Waals surface area contributed by atoms with E-state index in [1.165, 1.54) is 23.5 Å². The molecule has 1 N–H and O–H groups in total. The second-order valence-electron chi connectivity index (χ2n) is 6.12. The van der Waals surface area contributed by atoms with E-state index in [1.54, 1.807) is 36.4 Å². The van der Waals surface area contributed by atoms with Crippen LogP contribution in [0.2, 0.25) is 15.1 Å². The van der Waals surface area contributed by atoms with Crippen LogP contribution in [0, 0.1) is 0 Å². The van der Waals surface area contributed by atoms with Crippen LogP contribution in [0.3, 0.4) is 0 Å². The predicted molar refractivity (Wildman–Crippen MR) is 129 cm³/mol. The van der Waals surface area contributed by atoms with Crippen LogP contribution in [0.15, 0.2) is 81.4 Å². The molecule has 0 saturated carbocycles. The number of rotatable bonds is 8. The second-order valence-corrected chi connectivity index (χ2v) is 9.54. The van der Waals surface area contributed by atoms with E-state index in [9.17, 15) is 9.59 Å². The molecule has 3 aromatic rings. The van der Waals surface area contributed by atoms with Crippen LogP contribution in [-0.2, 0) is 14.3 Å². The van der Waals surface area contributed by atoms with Gasteiger partial charge in [-0.3, -0.25) is 9.59 Å². The summed E-state index contributed by atoms with van der Waals surface area (Å²) >= 11 is 20.6. The summed E-state index contributed by atoms with van der Waals surface area (Å²) in [5, 5.41) is 4.45. The van der Waals surface area contributed by atoms with Crippen molar-refractivity contribution < 1.29 is 14.3 Å². The van der Waals surface area contributed by atoms with Crippen LogP contribution < -0.4 is 5.32 Å². The number of para-hydroxylation sites is 1. The maximum absolute atomic E-state index is 12.3. The summed E-state index contributed by atoms with van der Waals surface area (Å²) < 4.78 is 5.07. The molecule has 0 bridgehead atoms. The molecule has 0 unspecified atom stereocenters. The summed E-state index contributed by atoms with van der Waals surface area (Å²) in [5.74, 6) is -0.945. The molecule has 0 aliphatic heterocycles. The Morgan fingerprint density at radius 3 is 2.35 bits per heavy atom. The lowest BCUT2D eigenvalue weighted by Gasteiger charge is -2.11. The van der Waals surface area contributed by atoms with Crippen LogP contribution in [-0.4, -0.2) is 24.2 Å². The SMILES string of the molecule is O=C(COC(=O)CSc1cc(Cl)ccc1Cl)Nc1ccccc1Sc1ccc(Cl)cc1. The van der Waals surface area contributed by atoms with Gasteiger partial charge in [-0.15, -0.1) is 11.8 Å². The zero-order chi connectivity index (χ0) is 22.2. The lowest BCUT2D eigenvalue weighted by Crippen LogP contribution is -2.21. The molecule has 0 saturated heterocycles. The van der Waals surface area contributed by atoms with Gasteiger partial charge in [-0.05, 0) is 54.6 Å². The number of anilines is 1. The summed E-state index contributed by atoms with van der Waals surface area (Å²) in [4.78, 5) is 26.8. The summed E-state index contributed by atoms with van der Waals surface area (Å²) in [6.45, 7) is -0.386. The smallest absolute Gasteiger partial charge is 0.316 e. The van der Waals surface area contributed by atoms with E-state index in [4.69, 9.17) is 39.5 Å². The number of carbonyl (C=O) groups is 2. The number of ether oxygens (including phenoxy) is 1. The van der Waals surface area contributed by atoms with Crippen molar-refractivity contribution in [3.05, 3.63) is 81.8 Å². The zero-order valence-corrected chi connectivity index (χ0v) is 19.8. The molecule has 1 amide bonds. The van der Waals surface area contributed by atoms with Gasteiger partial charge in [0.05, 0.1) is 16.5 Å². The highest BCUT2D eigenvalue weighted by atomic mass is 35.5. The number of esters is 1. The number of hydrogen-bond donors (Lipinski definition) is 1. The van der Waals surface area contributed by atoms with Crippen LogP contribution in [0.1, 0.15) is 0 Å². The molecule has 3 rings (SSSR count). The molecule has 0 atom stereocenters. The highest BCUT2D eigenvalue weighted by molar-refractivity contribution is 8.00. The van der Waals surface area contributed by atoms with Crippen molar-refractivity contribution in [3.8, 4) is 0 Å². The average Bonchev–Trinajstić information content (AvgIpc) is 2.76. The number of nitrogens with one attached hydrogen (secondary N) is 1. The van der Waals surface area contributed by atoms with Gasteiger partial charge in [0.15, 0.2) is 6.61 Å². The summed E-state index contributed by atoms with van der Waals surface area (Å²) in [5.41, 5.74) is 0.628. The fourth-order valence-electron chi connectivity index (χ4n) is 2.39. The molecule has 31 heavy (non-hydrogen) atoms. The van der Waals surface area contributed by atoms with Crippen molar-refractivity contribution in [2.24, 2.45) is 0 Å². The third-order valence-corrected chi connectivity index (χ3v) is 6.85. The normalized spacial score (nSPS) is 10.5. The molecule has 0 spiro atoms. The van der Waals surface area contributed by atoms with Gasteiger partial charge in [-0.25, -0.2) is 0 Å². The van der Waals surface area contributed by atoms with Gasteiger partial charge < -0.3 is 10.1 Å². The van der Waals surface area contributed by atoms with Crippen molar-refractivity contribution >= 4 is 75.9 Å². The minimum atomic E-state index is -0.528. The lowest BCUT2D eigenvalue weighted by molar-refractivity contribution is -0.144. The maximum Gasteiger partial charge on any atom is 0.316 e. The van der Waals surface area contributed by atoms with Crippen molar-refractivity contribution in [1.29, 1.82) is 0 Å². The van der Waals surface area contributed by atoms with E-state index in [1.807, 2.05) is 30.3 Å². The van der Waals surface area contributed by atoms with Gasteiger partial charge in [0, 0.05) is 24.7 Å². The first-order valence-corrected chi connectivity index (χ1v) is 11.9. The number of halogens is 3. The molecular formula is C22H16Cl3NO3S2. The molecule has 0 radical (unpaired) electrons. The third-order valence-electron chi connectivity index (χ3n) is 3.81. The molecule has 0 aliphatic rings. The van der Waals surface area contributed by atoms with Crippen molar-refractivity contribution in [2.45, 2.75) is 14.7 Å². The summed E-state index contributed by atoms with van der Waals surface area (Å²) in [6.07, 6.45) is 0. The van der Waals surface area contributed by atoms with E-state index in [0.717, 1.165) is 9.79 Å². The first-order chi connectivity index (χ1) is 14.9. The summed E-state index contributed by atoms with van der Waals surface area (Å²) in [6, 6.07) is 19.8. The minimum absolute atomic E-state index is 0.0103. The molecule has 0 heterocycles. The predicted octanol–water partition coefficient (Wildman–Crippen LogP) is 7.07. The first-order valence-electron chi connectivity index (χ1n) is 8.96. The second kappa shape index (κ2) is 11.7. The van der Waals surface area contributed by atoms with Crippen molar-refractivity contribution in [3.63, 3.8) is 0 Å². The zero-order valence-electron chi connectivity index (χ0n) is 15.9. The Balaban J connectivity index is 1.51. The van der Waals surface area contributed by atoms with E-state index < -0.39 is 11.9 Å². The Labute approximate surface area is 203 Å². The topological polar surface area (TPSA) is 55.4 Å². The molecule has 4 nitrogen and oxygen atoms in total. The fraction of sp³-hybridized carbons (Fsp3) is 0.0909. The van der Waals surface area contributed by atoms with Crippen LogP contribution >= 0.6 is 58.3 Å². The van der Waals surface area contributed by atoms with Crippen molar-refractivity contribution in [1.82, 2.24) is 0 Å². The summed E-state index contributed by atoms with van der Waals surface area (Å²) in [7, 11) is 0. The number of benzene rings is 3. The van der Waals surface area contributed by atoms with Gasteiger partial charge >= 0.3 is 5.97 Å². The van der Waals surface area contributed by atoms with E-state index in [0.29, 0.717) is 25.7 Å². The number of amides is 1. The van der Waals surface area contributed by atoms with Gasteiger partial charge in [0.1, 0.15) is 0 Å². The highest BCUT2D eigenvalue weighted by Gasteiger charge is 2.12. The first kappa shape index (κ1) is 23.8. The standard InChI is InChI=1S/C22H16Cl3NO3S2/c23-14-5-8-16(9-6-14)31-19-4-2-1-3-18(19)26-21(27)12-29-22(28)13-30-20-11-15(24)7-10-17(20)25/h1-11H,12-13H2,(H,26,27). The van der Waals surface area contributed by atoms with E-state index in [-0.39, 0.29) is 12.4 Å². The number of carbonyl (C=O) groups excluding carboxylic acids is 2. The monoisotopic (exact) mass is 511 g/mol. The van der Waals surface area contributed by atoms with Gasteiger partial charge in [0.25, 0.3) is 5.91 Å². The Hall–Kier alpha value is -1.83. The Bertz CT molecular complexity index is 1080. The quantitative estimate of drug-likeness (QED) is 0.258. The molecule has 160 valence electrons. The molecule has 0 aromatic heterocycles. The molecule has 0 fully saturated rings. The van der Waals surface area contributed by atoms with Crippen LogP contribution in [0.4, 0.5) is 5.69 Å². The fourth-order valence-corrected chi connectivity index (χ4v) is 4.71. The van der Waals surface area contributed by atoms with Crippen molar-refractivity contribution in [2.75, 3.05) is 17.7 Å². The Morgan fingerprint density at radius 2 is 1.58 bits per heavy atom. The van der Waals surface area contributed by atoms with Gasteiger partial charge in [0.2, 0.25) is 0 Å². The molecular weight excluding hydrogens is 497 g/mol. The Morgan fingerprint density at radius 1 is 0.871 bits per heavy atom. The van der Waals surface area contributed by atoms with Crippen LogP contribution in [0.25, 0.3) is 0 Å². The minimum Gasteiger partial charge on any atom is -0.455 e. The molecule has 0 aliphatic carbocycles. The number of hydrogen-bond acceptors (Lipinski definition) is 5. The van der Waals surface area contributed by atoms with E-state index in [2.05, 4.69) is 5.32 Å². The maximum atomic E-state index is 12.3. The lowest BCUT2D eigenvalue weighted by atomic mass is 10.3. The molecule has 9 heteroatoms. The molecule has 3 aromatic carbocycles. The third kappa shape index (κ3) is 7.66. The van der Waals surface area contributed by atoms with E-state index >= 15 is 0 Å².